The van der Waals surface area contributed by atoms with Gasteiger partial charge in [0.1, 0.15) is 11.6 Å². The van der Waals surface area contributed by atoms with Gasteiger partial charge in [-0.15, -0.1) is 0 Å². The number of hydrogen-bond donors (Lipinski definition) is 1. The molecule has 0 aliphatic rings. The second kappa shape index (κ2) is 5.97. The van der Waals surface area contributed by atoms with Crippen molar-refractivity contribution in [2.24, 2.45) is 0 Å². The average molecular weight is 265 g/mol. The van der Waals surface area contributed by atoms with Crippen LogP contribution in [0.25, 0.3) is 0 Å². The molecule has 0 saturated carbocycles. The van der Waals surface area contributed by atoms with E-state index in [-0.39, 0.29) is 12.1 Å². The lowest BCUT2D eigenvalue weighted by atomic mass is 10.1. The van der Waals surface area contributed by atoms with E-state index in [2.05, 4.69) is 0 Å². The Hall–Kier alpha value is -1.68. The summed E-state index contributed by atoms with van der Waals surface area (Å²) in [4.78, 5) is 0. The minimum atomic E-state index is -0.552. The molecular formula is C15H17F2NO. The van der Waals surface area contributed by atoms with E-state index < -0.39 is 17.7 Å². The lowest BCUT2D eigenvalue weighted by Gasteiger charge is -2.08. The fourth-order valence-electron chi connectivity index (χ4n) is 2.06. The maximum absolute atomic E-state index is 13.5. The predicted molar refractivity (Wildman–Crippen MR) is 69.8 cm³/mol. The molecule has 0 spiro atoms. The Balaban J connectivity index is 2.16. The van der Waals surface area contributed by atoms with Crippen molar-refractivity contribution in [1.82, 2.24) is 4.57 Å². The van der Waals surface area contributed by atoms with Gasteiger partial charge in [0.15, 0.2) is 0 Å². The van der Waals surface area contributed by atoms with E-state index in [1.165, 1.54) is 18.2 Å². The van der Waals surface area contributed by atoms with E-state index in [4.69, 9.17) is 0 Å². The highest BCUT2D eigenvalue weighted by Gasteiger charge is 2.11. The molecule has 0 bridgehead atoms. The Labute approximate surface area is 111 Å². The molecule has 0 fully saturated rings. The summed E-state index contributed by atoms with van der Waals surface area (Å²) in [6, 6.07) is 5.61. The van der Waals surface area contributed by atoms with Crippen molar-refractivity contribution in [3.8, 4) is 0 Å². The van der Waals surface area contributed by atoms with E-state index in [1.807, 2.05) is 6.92 Å². The Kier molecular flexibility index (Phi) is 4.32. The van der Waals surface area contributed by atoms with Gasteiger partial charge in [-0.05, 0) is 30.2 Å². The zero-order valence-electron chi connectivity index (χ0n) is 10.8. The Morgan fingerprint density at radius 3 is 2.53 bits per heavy atom. The molecule has 0 aliphatic heterocycles. The maximum Gasteiger partial charge on any atom is 0.131 e. The summed E-state index contributed by atoms with van der Waals surface area (Å²) in [5.74, 6) is -1.10. The number of rotatable bonds is 5. The number of benzene rings is 1. The van der Waals surface area contributed by atoms with E-state index in [9.17, 15) is 13.9 Å². The molecule has 2 rings (SSSR count). The van der Waals surface area contributed by atoms with Crippen molar-refractivity contribution in [2.75, 3.05) is 0 Å². The summed E-state index contributed by atoms with van der Waals surface area (Å²) in [5, 5.41) is 9.85. The standard InChI is InChI=1S/C15H17F2NO/c1-2-4-15(19)11-7-8-18(9-11)10-12-13(16)5-3-6-14(12)17/h3,5-9,15,19H,2,4,10H2,1H3. The van der Waals surface area contributed by atoms with Crippen LogP contribution in [-0.4, -0.2) is 9.67 Å². The average Bonchev–Trinajstić information content (AvgIpc) is 2.83. The first-order valence-corrected chi connectivity index (χ1v) is 6.38. The van der Waals surface area contributed by atoms with Crippen LogP contribution in [0.3, 0.4) is 0 Å². The monoisotopic (exact) mass is 265 g/mol. The molecule has 19 heavy (non-hydrogen) atoms. The smallest absolute Gasteiger partial charge is 0.131 e. The second-order valence-corrected chi connectivity index (χ2v) is 4.62. The van der Waals surface area contributed by atoms with Crippen LogP contribution in [0, 0.1) is 11.6 Å². The lowest BCUT2D eigenvalue weighted by molar-refractivity contribution is 0.166. The molecule has 1 aromatic heterocycles. The lowest BCUT2D eigenvalue weighted by Crippen LogP contribution is -2.03. The topological polar surface area (TPSA) is 25.2 Å². The molecule has 2 aromatic rings. The van der Waals surface area contributed by atoms with Gasteiger partial charge in [-0.3, -0.25) is 0 Å². The SMILES string of the molecule is CCCC(O)c1ccn(Cc2c(F)cccc2F)c1. The van der Waals surface area contributed by atoms with Gasteiger partial charge in [-0.2, -0.15) is 0 Å². The highest BCUT2D eigenvalue weighted by atomic mass is 19.1. The summed E-state index contributed by atoms with van der Waals surface area (Å²) in [7, 11) is 0. The van der Waals surface area contributed by atoms with E-state index in [1.54, 1.807) is 23.0 Å². The molecule has 102 valence electrons. The number of halogens is 2. The van der Waals surface area contributed by atoms with Crippen LogP contribution in [-0.2, 0) is 6.54 Å². The van der Waals surface area contributed by atoms with Crippen molar-refractivity contribution in [3.05, 3.63) is 59.4 Å². The van der Waals surface area contributed by atoms with Crippen LogP contribution in [0.4, 0.5) is 8.78 Å². The molecule has 4 heteroatoms. The molecule has 1 heterocycles. The first kappa shape index (κ1) is 13.7. The maximum atomic E-state index is 13.5. The van der Waals surface area contributed by atoms with Crippen LogP contribution < -0.4 is 0 Å². The summed E-state index contributed by atoms with van der Waals surface area (Å²) in [5.41, 5.74) is 0.813. The molecule has 0 saturated heterocycles. The van der Waals surface area contributed by atoms with Gasteiger partial charge in [-0.25, -0.2) is 8.78 Å². The number of hydrogen-bond acceptors (Lipinski definition) is 1. The van der Waals surface area contributed by atoms with Gasteiger partial charge < -0.3 is 9.67 Å². The van der Waals surface area contributed by atoms with Crippen molar-refractivity contribution in [3.63, 3.8) is 0 Å². The van der Waals surface area contributed by atoms with Crippen LogP contribution >= 0.6 is 0 Å². The van der Waals surface area contributed by atoms with Crippen LogP contribution in [0.1, 0.15) is 37.0 Å². The Morgan fingerprint density at radius 1 is 1.21 bits per heavy atom. The van der Waals surface area contributed by atoms with Crippen molar-refractivity contribution in [2.45, 2.75) is 32.4 Å². The third-order valence-corrected chi connectivity index (χ3v) is 3.12. The van der Waals surface area contributed by atoms with Crippen LogP contribution in [0.15, 0.2) is 36.7 Å². The zero-order chi connectivity index (χ0) is 13.8. The summed E-state index contributed by atoms with van der Waals surface area (Å²) in [6.45, 7) is 2.12. The van der Waals surface area contributed by atoms with E-state index >= 15 is 0 Å². The van der Waals surface area contributed by atoms with Gasteiger partial charge in [0.25, 0.3) is 0 Å². The van der Waals surface area contributed by atoms with Crippen LogP contribution in [0.2, 0.25) is 0 Å². The first-order chi connectivity index (χ1) is 9.11. The third-order valence-electron chi connectivity index (χ3n) is 3.12. The first-order valence-electron chi connectivity index (χ1n) is 6.38. The normalized spacial score (nSPS) is 12.6. The van der Waals surface area contributed by atoms with Crippen molar-refractivity contribution >= 4 is 0 Å². The fraction of sp³-hybridized carbons (Fsp3) is 0.333. The summed E-state index contributed by atoms with van der Waals surface area (Å²) >= 11 is 0. The minimum Gasteiger partial charge on any atom is -0.388 e. The van der Waals surface area contributed by atoms with E-state index in [0.717, 1.165) is 12.0 Å². The van der Waals surface area contributed by atoms with Gasteiger partial charge in [0, 0.05) is 18.0 Å². The number of nitrogens with zero attached hydrogens (tertiary/aromatic N) is 1. The predicted octanol–water partition coefficient (Wildman–Crippen LogP) is 3.65. The van der Waals surface area contributed by atoms with Gasteiger partial charge in [-0.1, -0.05) is 19.4 Å². The van der Waals surface area contributed by atoms with Gasteiger partial charge >= 0.3 is 0 Å². The highest BCUT2D eigenvalue weighted by Crippen LogP contribution is 2.20. The van der Waals surface area contributed by atoms with Crippen LogP contribution in [0.5, 0.6) is 0 Å². The molecular weight excluding hydrogens is 248 g/mol. The molecule has 1 aromatic carbocycles. The number of aliphatic hydroxyl groups excluding tert-OH is 1. The fourth-order valence-corrected chi connectivity index (χ4v) is 2.06. The molecule has 1 N–H and O–H groups in total. The zero-order valence-corrected chi connectivity index (χ0v) is 10.8. The van der Waals surface area contributed by atoms with Gasteiger partial charge in [0.2, 0.25) is 0 Å². The van der Waals surface area contributed by atoms with E-state index in [0.29, 0.717) is 6.42 Å². The quantitative estimate of drug-likeness (QED) is 0.877. The van der Waals surface area contributed by atoms with Crippen molar-refractivity contribution < 1.29 is 13.9 Å². The van der Waals surface area contributed by atoms with Crippen molar-refractivity contribution in [1.29, 1.82) is 0 Å². The van der Waals surface area contributed by atoms with Gasteiger partial charge in [0.05, 0.1) is 12.6 Å². The summed E-state index contributed by atoms with van der Waals surface area (Å²) < 4.78 is 28.7. The third kappa shape index (κ3) is 3.20. The molecule has 1 atom stereocenters. The number of aromatic nitrogens is 1. The Bertz CT molecular complexity index is 531. The highest BCUT2D eigenvalue weighted by molar-refractivity contribution is 5.21. The molecule has 0 amide bonds. The summed E-state index contributed by atoms with van der Waals surface area (Å²) in [6.07, 6.45) is 4.50. The minimum absolute atomic E-state index is 0.0367. The molecule has 0 radical (unpaired) electrons. The largest absolute Gasteiger partial charge is 0.388 e. The Morgan fingerprint density at radius 2 is 1.89 bits per heavy atom. The second-order valence-electron chi connectivity index (χ2n) is 4.62. The molecule has 0 aliphatic carbocycles. The molecule has 2 nitrogen and oxygen atoms in total. The molecule has 1 unspecified atom stereocenters. The number of aliphatic hydroxyl groups is 1.